The Labute approximate surface area is 134 Å². The maximum Gasteiger partial charge on any atom is 0.292 e. The van der Waals surface area contributed by atoms with Crippen LogP contribution in [0.3, 0.4) is 0 Å². The van der Waals surface area contributed by atoms with Crippen LogP contribution in [-0.2, 0) is 11.3 Å². The Morgan fingerprint density at radius 1 is 1.54 bits per heavy atom. The van der Waals surface area contributed by atoms with Crippen LogP contribution in [0.4, 0.5) is 5.82 Å². The van der Waals surface area contributed by atoms with Gasteiger partial charge in [0.05, 0.1) is 19.1 Å². The standard InChI is InChI=1S/C12H12N8O4/c1-22-6-8-9(12(21)16-14-5-7-3-2-4-23-7)20(19-15-8)11-10(13)17-24-18-11/h2-5H,6H2,1H3,(H2,13,17)(H,16,21). The van der Waals surface area contributed by atoms with Crippen LogP contribution < -0.4 is 11.2 Å². The molecule has 24 heavy (non-hydrogen) atoms. The molecule has 0 aromatic carbocycles. The van der Waals surface area contributed by atoms with Crippen molar-refractivity contribution in [2.24, 2.45) is 5.10 Å². The van der Waals surface area contributed by atoms with Gasteiger partial charge in [0.15, 0.2) is 5.69 Å². The van der Waals surface area contributed by atoms with E-state index in [9.17, 15) is 4.79 Å². The van der Waals surface area contributed by atoms with E-state index in [1.165, 1.54) is 19.6 Å². The Kier molecular flexibility index (Phi) is 4.29. The number of hydrazone groups is 1. The van der Waals surface area contributed by atoms with Crippen molar-refractivity contribution in [1.82, 2.24) is 30.7 Å². The first-order valence-corrected chi connectivity index (χ1v) is 6.59. The SMILES string of the molecule is COCc1nnn(-c2nonc2N)c1C(=O)NN=Cc1ccco1. The van der Waals surface area contributed by atoms with Crippen LogP contribution in [0.15, 0.2) is 32.5 Å². The van der Waals surface area contributed by atoms with Gasteiger partial charge >= 0.3 is 0 Å². The highest BCUT2D eigenvalue weighted by molar-refractivity contribution is 5.94. The number of furan rings is 1. The number of nitrogens with zero attached hydrogens (tertiary/aromatic N) is 6. The molecule has 12 heteroatoms. The molecule has 0 unspecified atom stereocenters. The van der Waals surface area contributed by atoms with E-state index in [4.69, 9.17) is 14.9 Å². The lowest BCUT2D eigenvalue weighted by Gasteiger charge is -2.03. The molecule has 3 aromatic rings. The third-order valence-corrected chi connectivity index (χ3v) is 2.83. The average molecular weight is 332 g/mol. The maximum atomic E-state index is 12.4. The van der Waals surface area contributed by atoms with E-state index in [1.54, 1.807) is 12.1 Å². The Balaban J connectivity index is 1.88. The molecule has 3 heterocycles. The van der Waals surface area contributed by atoms with Crippen molar-refractivity contribution in [3.8, 4) is 5.82 Å². The topological polar surface area (TPSA) is 159 Å². The predicted molar refractivity (Wildman–Crippen MR) is 78.1 cm³/mol. The van der Waals surface area contributed by atoms with Crippen LogP contribution in [0.25, 0.3) is 5.82 Å². The minimum atomic E-state index is -0.600. The van der Waals surface area contributed by atoms with Gasteiger partial charge in [-0.05, 0) is 22.4 Å². The van der Waals surface area contributed by atoms with Crippen LogP contribution in [0.5, 0.6) is 0 Å². The van der Waals surface area contributed by atoms with Crippen molar-refractivity contribution < 1.29 is 18.6 Å². The first-order valence-electron chi connectivity index (χ1n) is 6.59. The third kappa shape index (κ3) is 2.98. The van der Waals surface area contributed by atoms with Crippen molar-refractivity contribution >= 4 is 17.9 Å². The number of carbonyl (C=O) groups excluding carboxylic acids is 1. The monoisotopic (exact) mass is 332 g/mol. The summed E-state index contributed by atoms with van der Waals surface area (Å²) < 4.78 is 15.7. The van der Waals surface area contributed by atoms with E-state index in [0.29, 0.717) is 5.76 Å². The van der Waals surface area contributed by atoms with Gasteiger partial charge in [0.2, 0.25) is 11.6 Å². The molecule has 0 saturated carbocycles. The highest BCUT2D eigenvalue weighted by atomic mass is 16.6. The molecule has 0 aliphatic carbocycles. The van der Waals surface area contributed by atoms with Crippen LogP contribution in [0.2, 0.25) is 0 Å². The molecular weight excluding hydrogens is 320 g/mol. The van der Waals surface area contributed by atoms with E-state index in [0.717, 1.165) is 4.68 Å². The normalized spacial score (nSPS) is 11.2. The summed E-state index contributed by atoms with van der Waals surface area (Å²) >= 11 is 0. The molecule has 0 saturated heterocycles. The summed E-state index contributed by atoms with van der Waals surface area (Å²) in [5.74, 6) is -0.136. The molecule has 0 fully saturated rings. The lowest BCUT2D eigenvalue weighted by molar-refractivity contribution is 0.0942. The minimum Gasteiger partial charge on any atom is -0.463 e. The fourth-order valence-electron chi connectivity index (χ4n) is 1.83. The summed E-state index contributed by atoms with van der Waals surface area (Å²) in [6.45, 7) is 0.0514. The number of nitrogens with two attached hydrogens (primary N) is 1. The molecule has 3 aromatic heterocycles. The number of methoxy groups -OCH3 is 1. The molecule has 0 bridgehead atoms. The highest BCUT2D eigenvalue weighted by Gasteiger charge is 2.24. The zero-order valence-corrected chi connectivity index (χ0v) is 12.4. The number of anilines is 1. The zero-order valence-electron chi connectivity index (χ0n) is 12.4. The van der Waals surface area contributed by atoms with E-state index >= 15 is 0 Å². The molecule has 3 rings (SSSR count). The molecule has 1 amide bonds. The van der Waals surface area contributed by atoms with Gasteiger partial charge in [-0.25, -0.2) is 10.1 Å². The number of ether oxygens (including phenoxy) is 1. The summed E-state index contributed by atoms with van der Waals surface area (Å²) in [6.07, 6.45) is 2.83. The van der Waals surface area contributed by atoms with Gasteiger partial charge in [0.25, 0.3) is 5.91 Å². The summed E-state index contributed by atoms with van der Waals surface area (Å²) in [5.41, 5.74) is 8.27. The van der Waals surface area contributed by atoms with Crippen LogP contribution in [0, 0.1) is 0 Å². The second-order valence-corrected chi connectivity index (χ2v) is 4.42. The van der Waals surface area contributed by atoms with Crippen molar-refractivity contribution in [3.05, 3.63) is 35.5 Å². The number of nitrogen functional groups attached to an aromatic ring is 1. The number of hydrogen-bond acceptors (Lipinski definition) is 10. The first kappa shape index (κ1) is 15.4. The summed E-state index contributed by atoms with van der Waals surface area (Å²) in [7, 11) is 1.46. The number of rotatable bonds is 6. The van der Waals surface area contributed by atoms with Crippen molar-refractivity contribution in [2.75, 3.05) is 12.8 Å². The number of carbonyl (C=O) groups is 1. The molecule has 0 aliphatic heterocycles. The van der Waals surface area contributed by atoms with Crippen molar-refractivity contribution in [2.45, 2.75) is 6.61 Å². The highest BCUT2D eigenvalue weighted by Crippen LogP contribution is 2.16. The Morgan fingerprint density at radius 3 is 3.08 bits per heavy atom. The molecule has 12 nitrogen and oxygen atoms in total. The van der Waals surface area contributed by atoms with Gasteiger partial charge in [0.1, 0.15) is 11.5 Å². The molecule has 0 aliphatic rings. The Morgan fingerprint density at radius 2 is 2.42 bits per heavy atom. The molecule has 124 valence electrons. The molecule has 0 spiro atoms. The molecule has 0 radical (unpaired) electrons. The van der Waals surface area contributed by atoms with Gasteiger partial charge in [-0.1, -0.05) is 5.21 Å². The van der Waals surface area contributed by atoms with Crippen LogP contribution in [-0.4, -0.2) is 44.5 Å². The van der Waals surface area contributed by atoms with E-state index in [2.05, 4.69) is 35.8 Å². The summed E-state index contributed by atoms with van der Waals surface area (Å²) in [5, 5.41) is 18.5. The molecule has 3 N–H and O–H groups in total. The summed E-state index contributed by atoms with van der Waals surface area (Å²) in [6, 6.07) is 3.37. The van der Waals surface area contributed by atoms with Crippen LogP contribution >= 0.6 is 0 Å². The van der Waals surface area contributed by atoms with E-state index in [1.807, 2.05) is 0 Å². The number of hydrogen-bond donors (Lipinski definition) is 2. The van der Waals surface area contributed by atoms with Gasteiger partial charge in [-0.3, -0.25) is 4.79 Å². The molecular formula is C12H12N8O4. The summed E-state index contributed by atoms with van der Waals surface area (Å²) in [4.78, 5) is 12.4. The zero-order chi connectivity index (χ0) is 16.9. The van der Waals surface area contributed by atoms with Crippen LogP contribution in [0.1, 0.15) is 21.9 Å². The van der Waals surface area contributed by atoms with E-state index < -0.39 is 5.91 Å². The third-order valence-electron chi connectivity index (χ3n) is 2.83. The fraction of sp³-hybridized carbons (Fsp3) is 0.167. The number of nitrogens with one attached hydrogen (secondary N) is 1. The smallest absolute Gasteiger partial charge is 0.292 e. The van der Waals surface area contributed by atoms with E-state index in [-0.39, 0.29) is 29.6 Å². The van der Waals surface area contributed by atoms with Gasteiger partial charge < -0.3 is 14.9 Å². The Hall–Kier alpha value is -3.54. The molecule has 0 atom stereocenters. The fourth-order valence-corrected chi connectivity index (χ4v) is 1.83. The maximum absolute atomic E-state index is 12.4. The largest absolute Gasteiger partial charge is 0.463 e. The second-order valence-electron chi connectivity index (χ2n) is 4.42. The number of aromatic nitrogens is 5. The lowest BCUT2D eigenvalue weighted by Crippen LogP contribution is -2.23. The van der Waals surface area contributed by atoms with Crippen molar-refractivity contribution in [1.29, 1.82) is 0 Å². The van der Waals surface area contributed by atoms with Crippen molar-refractivity contribution in [3.63, 3.8) is 0 Å². The lowest BCUT2D eigenvalue weighted by atomic mass is 10.3. The number of amides is 1. The van der Waals surface area contributed by atoms with Gasteiger partial charge in [-0.15, -0.1) is 5.10 Å². The quantitative estimate of drug-likeness (QED) is 0.457. The second kappa shape index (κ2) is 6.70. The van der Waals surface area contributed by atoms with Gasteiger partial charge in [0, 0.05) is 7.11 Å². The predicted octanol–water partition coefficient (Wildman–Crippen LogP) is -0.264. The Bertz CT molecular complexity index is 850. The minimum absolute atomic E-state index is 0.0324. The first-order chi connectivity index (χ1) is 11.7. The average Bonchev–Trinajstić information content (AvgIpc) is 3.28. The van der Waals surface area contributed by atoms with Gasteiger partial charge in [-0.2, -0.15) is 9.78 Å².